The first-order valence-corrected chi connectivity index (χ1v) is 8.85. The van der Waals surface area contributed by atoms with Crippen LogP contribution < -0.4 is 5.32 Å². The third-order valence-electron chi connectivity index (χ3n) is 4.23. The monoisotopic (exact) mass is 345 g/mol. The first-order valence-electron chi connectivity index (χ1n) is 8.47. The van der Waals surface area contributed by atoms with Gasteiger partial charge < -0.3 is 9.47 Å². The van der Waals surface area contributed by atoms with Crippen molar-refractivity contribution < 1.29 is 9.47 Å². The predicted molar refractivity (Wildman–Crippen MR) is 98.5 cm³/mol. The molecule has 0 aliphatic carbocycles. The van der Waals surface area contributed by atoms with Crippen molar-refractivity contribution in [3.63, 3.8) is 0 Å². The number of rotatable bonds is 3. The SMILES string of the molecule is CC(C)c1ccc(Cl)cc1-c1cccc(C2NCCOCCO2)c1. The van der Waals surface area contributed by atoms with E-state index in [9.17, 15) is 0 Å². The highest BCUT2D eigenvalue weighted by Gasteiger charge is 2.15. The Morgan fingerprint density at radius 1 is 1.08 bits per heavy atom. The van der Waals surface area contributed by atoms with E-state index in [0.29, 0.717) is 25.7 Å². The molecule has 1 unspecified atom stereocenters. The molecule has 3 rings (SSSR count). The van der Waals surface area contributed by atoms with Crippen LogP contribution in [0.5, 0.6) is 0 Å². The Labute approximate surface area is 148 Å². The zero-order chi connectivity index (χ0) is 16.9. The molecule has 0 aromatic heterocycles. The molecule has 24 heavy (non-hydrogen) atoms. The van der Waals surface area contributed by atoms with Gasteiger partial charge in [-0.2, -0.15) is 0 Å². The van der Waals surface area contributed by atoms with Gasteiger partial charge in [0.05, 0.1) is 19.8 Å². The molecule has 0 amide bonds. The molecule has 1 aliphatic heterocycles. The predicted octanol–water partition coefficient (Wildman–Crippen LogP) is 4.77. The quantitative estimate of drug-likeness (QED) is 0.869. The Balaban J connectivity index is 1.94. The summed E-state index contributed by atoms with van der Waals surface area (Å²) >= 11 is 6.25. The van der Waals surface area contributed by atoms with Crippen molar-refractivity contribution in [3.8, 4) is 11.1 Å². The third-order valence-corrected chi connectivity index (χ3v) is 4.46. The zero-order valence-corrected chi connectivity index (χ0v) is 15.0. The van der Waals surface area contributed by atoms with Gasteiger partial charge in [-0.15, -0.1) is 0 Å². The first-order chi connectivity index (χ1) is 11.6. The molecule has 1 atom stereocenters. The highest BCUT2D eigenvalue weighted by molar-refractivity contribution is 6.30. The van der Waals surface area contributed by atoms with Gasteiger partial charge >= 0.3 is 0 Å². The molecular formula is C20H24ClNO2. The van der Waals surface area contributed by atoms with Crippen LogP contribution in [0.2, 0.25) is 5.02 Å². The molecule has 4 heteroatoms. The van der Waals surface area contributed by atoms with Gasteiger partial charge in [-0.1, -0.05) is 49.7 Å². The van der Waals surface area contributed by atoms with Crippen LogP contribution in [0.3, 0.4) is 0 Å². The minimum atomic E-state index is -0.101. The van der Waals surface area contributed by atoms with Gasteiger partial charge in [-0.05, 0) is 46.4 Å². The number of hydrogen-bond donors (Lipinski definition) is 1. The second-order valence-corrected chi connectivity index (χ2v) is 6.77. The van der Waals surface area contributed by atoms with Crippen molar-refractivity contribution >= 4 is 11.6 Å². The lowest BCUT2D eigenvalue weighted by Gasteiger charge is -2.23. The van der Waals surface area contributed by atoms with Crippen molar-refractivity contribution in [3.05, 3.63) is 58.6 Å². The Bertz CT molecular complexity index is 679. The summed E-state index contributed by atoms with van der Waals surface area (Å²) in [6.45, 7) is 7.14. The fourth-order valence-electron chi connectivity index (χ4n) is 3.01. The van der Waals surface area contributed by atoms with E-state index in [1.54, 1.807) is 0 Å². The second kappa shape index (κ2) is 8.13. The maximum absolute atomic E-state index is 6.25. The van der Waals surface area contributed by atoms with Crippen LogP contribution >= 0.6 is 11.6 Å². The normalized spacial score (nSPS) is 19.1. The molecule has 2 aromatic carbocycles. The standard InChI is InChI=1S/C20H24ClNO2/c1-14(2)18-7-6-17(21)13-19(18)15-4-3-5-16(12-15)20-22-8-9-23-10-11-24-20/h3-7,12-14,20,22H,8-11H2,1-2H3. The van der Waals surface area contributed by atoms with Gasteiger partial charge in [0.25, 0.3) is 0 Å². The molecule has 1 heterocycles. The minimum absolute atomic E-state index is 0.101. The van der Waals surface area contributed by atoms with Gasteiger partial charge in [0.2, 0.25) is 0 Å². The van der Waals surface area contributed by atoms with Gasteiger partial charge in [0.15, 0.2) is 0 Å². The zero-order valence-electron chi connectivity index (χ0n) is 14.2. The van der Waals surface area contributed by atoms with E-state index in [2.05, 4.69) is 55.6 Å². The molecular weight excluding hydrogens is 322 g/mol. The molecule has 0 saturated carbocycles. The molecule has 0 bridgehead atoms. The topological polar surface area (TPSA) is 30.5 Å². The number of nitrogens with one attached hydrogen (secondary N) is 1. The average molecular weight is 346 g/mol. The first kappa shape index (κ1) is 17.4. The van der Waals surface area contributed by atoms with E-state index < -0.39 is 0 Å². The lowest BCUT2D eigenvalue weighted by molar-refractivity contribution is -0.0347. The van der Waals surface area contributed by atoms with Crippen LogP contribution in [0.1, 0.15) is 37.1 Å². The van der Waals surface area contributed by atoms with E-state index >= 15 is 0 Å². The Kier molecular flexibility index (Phi) is 5.90. The summed E-state index contributed by atoms with van der Waals surface area (Å²) in [5.41, 5.74) is 4.79. The highest BCUT2D eigenvalue weighted by Crippen LogP contribution is 2.33. The van der Waals surface area contributed by atoms with E-state index in [4.69, 9.17) is 21.1 Å². The smallest absolute Gasteiger partial charge is 0.134 e. The molecule has 1 saturated heterocycles. The molecule has 1 aliphatic rings. The summed E-state index contributed by atoms with van der Waals surface area (Å²) in [5.74, 6) is 0.439. The highest BCUT2D eigenvalue weighted by atomic mass is 35.5. The lowest BCUT2D eigenvalue weighted by Crippen LogP contribution is -2.31. The Morgan fingerprint density at radius 2 is 1.96 bits per heavy atom. The fourth-order valence-corrected chi connectivity index (χ4v) is 3.19. The molecule has 1 N–H and O–H groups in total. The number of benzene rings is 2. The number of hydrogen-bond acceptors (Lipinski definition) is 3. The molecule has 2 aromatic rings. The van der Waals surface area contributed by atoms with E-state index in [1.165, 1.54) is 16.7 Å². The number of halogens is 1. The maximum atomic E-state index is 6.25. The Hall–Kier alpha value is -1.39. The summed E-state index contributed by atoms with van der Waals surface area (Å²) in [5, 5.41) is 4.15. The molecule has 128 valence electrons. The molecule has 0 radical (unpaired) electrons. The fraction of sp³-hybridized carbons (Fsp3) is 0.400. The minimum Gasteiger partial charge on any atom is -0.378 e. The van der Waals surface area contributed by atoms with Crippen LogP contribution in [0.15, 0.2) is 42.5 Å². The summed E-state index contributed by atoms with van der Waals surface area (Å²) in [7, 11) is 0. The van der Waals surface area contributed by atoms with Crippen LogP contribution in [0.4, 0.5) is 0 Å². The Morgan fingerprint density at radius 3 is 2.79 bits per heavy atom. The largest absolute Gasteiger partial charge is 0.378 e. The summed E-state index contributed by atoms with van der Waals surface area (Å²) in [4.78, 5) is 0. The van der Waals surface area contributed by atoms with E-state index in [0.717, 1.165) is 17.1 Å². The summed E-state index contributed by atoms with van der Waals surface area (Å²) < 4.78 is 11.3. The van der Waals surface area contributed by atoms with Gasteiger partial charge in [0, 0.05) is 11.6 Å². The lowest BCUT2D eigenvalue weighted by atomic mass is 9.92. The molecule has 1 fully saturated rings. The van der Waals surface area contributed by atoms with Gasteiger partial charge in [-0.3, -0.25) is 5.32 Å². The van der Waals surface area contributed by atoms with Crippen molar-refractivity contribution in [2.75, 3.05) is 26.4 Å². The van der Waals surface area contributed by atoms with Crippen LogP contribution in [0.25, 0.3) is 11.1 Å². The maximum Gasteiger partial charge on any atom is 0.134 e. The second-order valence-electron chi connectivity index (χ2n) is 6.33. The van der Waals surface area contributed by atoms with Crippen molar-refractivity contribution in [2.45, 2.75) is 26.0 Å². The van der Waals surface area contributed by atoms with E-state index in [-0.39, 0.29) is 6.23 Å². The molecule has 0 spiro atoms. The van der Waals surface area contributed by atoms with Crippen LogP contribution in [-0.2, 0) is 9.47 Å². The summed E-state index contributed by atoms with van der Waals surface area (Å²) in [6, 6.07) is 14.6. The number of ether oxygens (including phenoxy) is 2. The van der Waals surface area contributed by atoms with Gasteiger partial charge in [0.1, 0.15) is 6.23 Å². The third kappa shape index (κ3) is 4.17. The van der Waals surface area contributed by atoms with Crippen LogP contribution in [-0.4, -0.2) is 26.4 Å². The molecule has 3 nitrogen and oxygen atoms in total. The van der Waals surface area contributed by atoms with Gasteiger partial charge in [-0.25, -0.2) is 0 Å². The van der Waals surface area contributed by atoms with Crippen molar-refractivity contribution in [1.29, 1.82) is 0 Å². The van der Waals surface area contributed by atoms with Crippen LogP contribution in [0, 0.1) is 0 Å². The van der Waals surface area contributed by atoms with Crippen molar-refractivity contribution in [1.82, 2.24) is 5.32 Å². The van der Waals surface area contributed by atoms with E-state index in [1.807, 2.05) is 6.07 Å². The average Bonchev–Trinajstić information content (AvgIpc) is 2.54. The van der Waals surface area contributed by atoms with Crippen molar-refractivity contribution in [2.24, 2.45) is 0 Å². The summed E-state index contributed by atoms with van der Waals surface area (Å²) in [6.07, 6.45) is -0.101.